The van der Waals surface area contributed by atoms with Crippen LogP contribution in [0.5, 0.6) is 0 Å². The number of allylic oxidation sites excluding steroid dienone is 1. The molecule has 0 aliphatic heterocycles. The first kappa shape index (κ1) is 12.2. The van der Waals surface area contributed by atoms with Crippen LogP contribution in [0.4, 0.5) is 0 Å². The van der Waals surface area contributed by atoms with E-state index >= 15 is 0 Å². The van der Waals surface area contributed by atoms with Gasteiger partial charge in [-0.2, -0.15) is 0 Å². The van der Waals surface area contributed by atoms with E-state index in [0.717, 1.165) is 12.5 Å². The lowest BCUT2D eigenvalue weighted by molar-refractivity contribution is 0.214. The van der Waals surface area contributed by atoms with Crippen LogP contribution in [-0.4, -0.2) is 12.6 Å². The van der Waals surface area contributed by atoms with Crippen LogP contribution in [-0.2, 0) is 0 Å². The van der Waals surface area contributed by atoms with E-state index in [2.05, 4.69) is 32.2 Å². The second kappa shape index (κ2) is 4.91. The van der Waals surface area contributed by atoms with Crippen LogP contribution in [0, 0.1) is 11.3 Å². The first-order valence-electron chi connectivity index (χ1n) is 7.07. The van der Waals surface area contributed by atoms with E-state index in [9.17, 15) is 0 Å². The summed E-state index contributed by atoms with van der Waals surface area (Å²) in [6.45, 7) is 8.27. The van der Waals surface area contributed by atoms with Gasteiger partial charge in [-0.3, -0.25) is 0 Å². The Labute approximate surface area is 101 Å². The van der Waals surface area contributed by atoms with Gasteiger partial charge in [-0.25, -0.2) is 0 Å². The van der Waals surface area contributed by atoms with E-state index in [0.29, 0.717) is 11.5 Å². The van der Waals surface area contributed by atoms with Crippen LogP contribution in [0.1, 0.15) is 59.3 Å². The average molecular weight is 221 g/mol. The molecule has 0 radical (unpaired) electrons. The van der Waals surface area contributed by atoms with Gasteiger partial charge in [0.1, 0.15) is 0 Å². The zero-order chi connectivity index (χ0) is 11.6. The number of nitrogens with one attached hydrogen (secondary N) is 1. The van der Waals surface area contributed by atoms with Gasteiger partial charge in [0.05, 0.1) is 0 Å². The van der Waals surface area contributed by atoms with Crippen molar-refractivity contribution in [2.24, 2.45) is 11.3 Å². The smallest absolute Gasteiger partial charge is 0.0312 e. The van der Waals surface area contributed by atoms with E-state index in [1.165, 1.54) is 38.5 Å². The van der Waals surface area contributed by atoms with Crippen LogP contribution in [0.2, 0.25) is 0 Å². The molecule has 0 saturated heterocycles. The van der Waals surface area contributed by atoms with Crippen molar-refractivity contribution in [2.75, 3.05) is 6.54 Å². The molecule has 2 aliphatic carbocycles. The normalized spacial score (nSPS) is 30.4. The largest absolute Gasteiger partial charge is 0.310 e. The Kier molecular flexibility index (Phi) is 3.73. The van der Waals surface area contributed by atoms with Gasteiger partial charge in [-0.15, -0.1) is 0 Å². The quantitative estimate of drug-likeness (QED) is 0.710. The Morgan fingerprint density at radius 1 is 1.44 bits per heavy atom. The van der Waals surface area contributed by atoms with E-state index in [-0.39, 0.29) is 0 Å². The zero-order valence-corrected chi connectivity index (χ0v) is 11.2. The summed E-state index contributed by atoms with van der Waals surface area (Å²) in [5.41, 5.74) is 2.25. The van der Waals surface area contributed by atoms with Crippen molar-refractivity contribution in [2.45, 2.75) is 65.3 Å². The molecule has 2 atom stereocenters. The summed E-state index contributed by atoms with van der Waals surface area (Å²) in [6, 6.07) is 0.671. The summed E-state index contributed by atoms with van der Waals surface area (Å²) < 4.78 is 0. The fourth-order valence-corrected chi connectivity index (χ4v) is 3.70. The molecule has 1 nitrogen and oxygen atoms in total. The molecular weight excluding hydrogens is 194 g/mol. The number of hydrogen-bond acceptors (Lipinski definition) is 1. The summed E-state index contributed by atoms with van der Waals surface area (Å²) >= 11 is 0. The zero-order valence-electron chi connectivity index (χ0n) is 11.2. The van der Waals surface area contributed by atoms with Crippen molar-refractivity contribution in [3.8, 4) is 0 Å². The van der Waals surface area contributed by atoms with Gasteiger partial charge in [0.15, 0.2) is 0 Å². The van der Waals surface area contributed by atoms with Gasteiger partial charge < -0.3 is 5.32 Å². The number of likely N-dealkylation sites (N-methyl/N-ethyl adjacent to an activating group) is 1. The van der Waals surface area contributed by atoms with Crippen LogP contribution >= 0.6 is 0 Å². The standard InChI is InChI=1S/C15H27N/c1-4-16-14(12-8-5-6-9-12)13-10-7-11-15(13,2)3/h8,13-14,16H,4-7,9-11H2,1-3H3. The maximum Gasteiger partial charge on any atom is 0.0312 e. The first-order chi connectivity index (χ1) is 7.65. The van der Waals surface area contributed by atoms with E-state index in [1.54, 1.807) is 5.57 Å². The molecule has 0 spiro atoms. The molecule has 1 fully saturated rings. The lowest BCUT2D eigenvalue weighted by Gasteiger charge is -2.35. The van der Waals surface area contributed by atoms with Gasteiger partial charge in [0.25, 0.3) is 0 Å². The van der Waals surface area contributed by atoms with E-state index in [4.69, 9.17) is 0 Å². The summed E-state index contributed by atoms with van der Waals surface area (Å²) in [5.74, 6) is 0.858. The molecule has 1 N–H and O–H groups in total. The SMILES string of the molecule is CCNC(C1=CCCC1)C1CCCC1(C)C. The molecule has 2 unspecified atom stereocenters. The summed E-state index contributed by atoms with van der Waals surface area (Å²) in [5, 5.41) is 3.75. The highest BCUT2D eigenvalue weighted by Crippen LogP contribution is 2.46. The number of hydrogen-bond donors (Lipinski definition) is 1. The van der Waals surface area contributed by atoms with Crippen LogP contribution in [0.15, 0.2) is 11.6 Å². The van der Waals surface area contributed by atoms with Crippen LogP contribution in [0.25, 0.3) is 0 Å². The second-order valence-corrected chi connectivity index (χ2v) is 6.19. The van der Waals surface area contributed by atoms with E-state index in [1.807, 2.05) is 0 Å². The predicted molar refractivity (Wildman–Crippen MR) is 70.5 cm³/mol. The van der Waals surface area contributed by atoms with Crippen molar-refractivity contribution in [1.29, 1.82) is 0 Å². The van der Waals surface area contributed by atoms with Gasteiger partial charge >= 0.3 is 0 Å². The summed E-state index contributed by atoms with van der Waals surface area (Å²) in [6.07, 6.45) is 10.8. The molecule has 0 amide bonds. The molecule has 92 valence electrons. The van der Waals surface area contributed by atoms with Crippen molar-refractivity contribution in [3.05, 3.63) is 11.6 Å². The molecule has 2 aliphatic rings. The minimum Gasteiger partial charge on any atom is -0.310 e. The van der Waals surface area contributed by atoms with Gasteiger partial charge in [-0.1, -0.05) is 38.8 Å². The molecule has 1 saturated carbocycles. The lowest BCUT2D eigenvalue weighted by Crippen LogP contribution is -2.41. The Balaban J connectivity index is 2.12. The van der Waals surface area contributed by atoms with E-state index < -0.39 is 0 Å². The predicted octanol–water partition coefficient (Wildman–Crippen LogP) is 3.90. The average Bonchev–Trinajstić information content (AvgIpc) is 2.84. The van der Waals surface area contributed by atoms with Crippen molar-refractivity contribution in [3.63, 3.8) is 0 Å². The first-order valence-corrected chi connectivity index (χ1v) is 7.07. The third-order valence-corrected chi connectivity index (χ3v) is 4.64. The van der Waals surface area contributed by atoms with Crippen LogP contribution in [0.3, 0.4) is 0 Å². The number of rotatable bonds is 4. The summed E-state index contributed by atoms with van der Waals surface area (Å²) in [7, 11) is 0. The van der Waals surface area contributed by atoms with Crippen molar-refractivity contribution in [1.82, 2.24) is 5.32 Å². The molecule has 0 aromatic heterocycles. The Morgan fingerprint density at radius 3 is 2.75 bits per heavy atom. The fourth-order valence-electron chi connectivity index (χ4n) is 3.70. The Hall–Kier alpha value is -0.300. The molecule has 0 aromatic carbocycles. The fraction of sp³-hybridized carbons (Fsp3) is 0.867. The molecular formula is C15H27N. The third-order valence-electron chi connectivity index (χ3n) is 4.64. The van der Waals surface area contributed by atoms with Gasteiger partial charge in [0, 0.05) is 6.04 Å². The Morgan fingerprint density at radius 2 is 2.25 bits per heavy atom. The monoisotopic (exact) mass is 221 g/mol. The van der Waals surface area contributed by atoms with Crippen LogP contribution < -0.4 is 5.32 Å². The summed E-state index contributed by atoms with van der Waals surface area (Å²) in [4.78, 5) is 0. The highest BCUT2D eigenvalue weighted by atomic mass is 14.9. The topological polar surface area (TPSA) is 12.0 Å². The molecule has 0 aromatic rings. The minimum atomic E-state index is 0.538. The maximum absolute atomic E-state index is 3.75. The molecule has 0 heterocycles. The highest BCUT2D eigenvalue weighted by Gasteiger charge is 2.40. The highest BCUT2D eigenvalue weighted by molar-refractivity contribution is 5.18. The van der Waals surface area contributed by atoms with Gasteiger partial charge in [-0.05, 0) is 50.0 Å². The lowest BCUT2D eigenvalue weighted by atomic mass is 9.75. The molecule has 1 heteroatoms. The minimum absolute atomic E-state index is 0.538. The Bertz CT molecular complexity index is 265. The maximum atomic E-state index is 3.75. The molecule has 16 heavy (non-hydrogen) atoms. The van der Waals surface area contributed by atoms with Crippen molar-refractivity contribution < 1.29 is 0 Å². The molecule has 0 bridgehead atoms. The third kappa shape index (κ3) is 2.34. The molecule has 2 rings (SSSR count). The van der Waals surface area contributed by atoms with Crippen molar-refractivity contribution >= 4 is 0 Å². The van der Waals surface area contributed by atoms with Gasteiger partial charge in [0.2, 0.25) is 0 Å². The second-order valence-electron chi connectivity index (χ2n) is 6.19.